The SMILES string of the molecule is Cc1cccc(Nc2cc(C(=O)N3CCCC(C)C3)nc3ccc(C)cc23)c1. The van der Waals surface area contributed by atoms with Crippen LogP contribution in [0.5, 0.6) is 0 Å². The number of aryl methyl sites for hydroxylation is 2. The van der Waals surface area contributed by atoms with E-state index in [2.05, 4.69) is 44.3 Å². The van der Waals surface area contributed by atoms with Crippen molar-refractivity contribution in [1.29, 1.82) is 0 Å². The molecule has 0 saturated carbocycles. The van der Waals surface area contributed by atoms with E-state index in [1.807, 2.05) is 35.2 Å². The molecule has 0 spiro atoms. The predicted molar refractivity (Wildman–Crippen MR) is 115 cm³/mol. The van der Waals surface area contributed by atoms with Crippen LogP contribution in [0.15, 0.2) is 48.5 Å². The third-order valence-electron chi connectivity index (χ3n) is 5.42. The zero-order chi connectivity index (χ0) is 19.7. The predicted octanol–water partition coefficient (Wildman–Crippen LogP) is 5.47. The number of likely N-dealkylation sites (tertiary alicyclic amines) is 1. The highest BCUT2D eigenvalue weighted by Crippen LogP contribution is 2.29. The summed E-state index contributed by atoms with van der Waals surface area (Å²) in [4.78, 5) is 19.8. The van der Waals surface area contributed by atoms with Crippen LogP contribution in [0.4, 0.5) is 11.4 Å². The summed E-state index contributed by atoms with van der Waals surface area (Å²) in [7, 11) is 0. The third kappa shape index (κ3) is 3.86. The van der Waals surface area contributed by atoms with Gasteiger partial charge in [-0.15, -0.1) is 0 Å². The lowest BCUT2D eigenvalue weighted by atomic mass is 10.00. The number of aromatic nitrogens is 1. The van der Waals surface area contributed by atoms with Crippen molar-refractivity contribution in [3.63, 3.8) is 0 Å². The van der Waals surface area contributed by atoms with Crippen molar-refractivity contribution in [2.45, 2.75) is 33.6 Å². The van der Waals surface area contributed by atoms with Crippen molar-refractivity contribution in [3.8, 4) is 0 Å². The highest BCUT2D eigenvalue weighted by Gasteiger charge is 2.24. The van der Waals surface area contributed by atoms with Gasteiger partial charge in [0.1, 0.15) is 5.69 Å². The van der Waals surface area contributed by atoms with E-state index in [9.17, 15) is 4.79 Å². The van der Waals surface area contributed by atoms with E-state index in [-0.39, 0.29) is 5.91 Å². The van der Waals surface area contributed by atoms with Gasteiger partial charge in [0.05, 0.1) is 11.2 Å². The first-order valence-electron chi connectivity index (χ1n) is 10.0. The lowest BCUT2D eigenvalue weighted by Gasteiger charge is -2.30. The van der Waals surface area contributed by atoms with E-state index in [1.165, 1.54) is 17.5 Å². The van der Waals surface area contributed by atoms with Crippen molar-refractivity contribution < 1.29 is 4.79 Å². The van der Waals surface area contributed by atoms with Crippen LogP contribution < -0.4 is 5.32 Å². The molecule has 144 valence electrons. The average Bonchev–Trinajstić information content (AvgIpc) is 2.67. The van der Waals surface area contributed by atoms with E-state index in [0.717, 1.165) is 41.8 Å². The number of nitrogens with zero attached hydrogens (tertiary/aromatic N) is 2. The van der Waals surface area contributed by atoms with Crippen LogP contribution in [0, 0.1) is 19.8 Å². The molecule has 1 saturated heterocycles. The summed E-state index contributed by atoms with van der Waals surface area (Å²) >= 11 is 0. The Hall–Kier alpha value is -2.88. The van der Waals surface area contributed by atoms with Crippen LogP contribution in [-0.2, 0) is 0 Å². The summed E-state index contributed by atoms with van der Waals surface area (Å²) in [6.07, 6.45) is 2.25. The van der Waals surface area contributed by atoms with Gasteiger partial charge in [0.15, 0.2) is 0 Å². The molecule has 1 atom stereocenters. The van der Waals surface area contributed by atoms with Crippen LogP contribution in [0.3, 0.4) is 0 Å². The van der Waals surface area contributed by atoms with E-state index in [1.54, 1.807) is 0 Å². The van der Waals surface area contributed by atoms with Crippen molar-refractivity contribution >= 4 is 28.2 Å². The molecule has 4 heteroatoms. The molecule has 3 aromatic rings. The molecule has 1 fully saturated rings. The van der Waals surface area contributed by atoms with E-state index in [4.69, 9.17) is 4.98 Å². The molecular weight excluding hydrogens is 346 g/mol. The molecule has 1 N–H and O–H groups in total. The fraction of sp³-hybridized carbons (Fsp3) is 0.333. The molecule has 0 radical (unpaired) electrons. The number of anilines is 2. The highest BCUT2D eigenvalue weighted by atomic mass is 16.2. The molecule has 1 amide bonds. The van der Waals surface area contributed by atoms with Crippen LogP contribution in [0.25, 0.3) is 10.9 Å². The third-order valence-corrected chi connectivity index (χ3v) is 5.42. The molecule has 4 rings (SSSR count). The van der Waals surface area contributed by atoms with Gasteiger partial charge in [-0.3, -0.25) is 4.79 Å². The van der Waals surface area contributed by atoms with Crippen LogP contribution in [0.1, 0.15) is 41.4 Å². The van der Waals surface area contributed by atoms with Crippen molar-refractivity contribution in [2.24, 2.45) is 5.92 Å². The molecule has 4 nitrogen and oxygen atoms in total. The van der Waals surface area contributed by atoms with Gasteiger partial charge in [-0.1, -0.05) is 30.7 Å². The second kappa shape index (κ2) is 7.63. The number of hydrogen-bond acceptors (Lipinski definition) is 3. The number of fused-ring (bicyclic) bond motifs is 1. The molecule has 1 aliphatic rings. The molecule has 1 aromatic heterocycles. The summed E-state index contributed by atoms with van der Waals surface area (Å²) in [6, 6.07) is 16.3. The molecule has 0 bridgehead atoms. The van der Waals surface area contributed by atoms with Crippen LogP contribution in [-0.4, -0.2) is 28.9 Å². The number of pyridine rings is 1. The van der Waals surface area contributed by atoms with Gasteiger partial charge in [0.2, 0.25) is 0 Å². The average molecular weight is 374 g/mol. The second-order valence-electron chi connectivity index (χ2n) is 8.07. The van der Waals surface area contributed by atoms with Crippen molar-refractivity contribution in [1.82, 2.24) is 9.88 Å². The number of amides is 1. The molecule has 1 aliphatic heterocycles. The largest absolute Gasteiger partial charge is 0.355 e. The Balaban J connectivity index is 1.76. The minimum absolute atomic E-state index is 0.0290. The number of benzene rings is 2. The van der Waals surface area contributed by atoms with Crippen molar-refractivity contribution in [3.05, 3.63) is 65.4 Å². The van der Waals surface area contributed by atoms with Gasteiger partial charge in [-0.2, -0.15) is 0 Å². The van der Waals surface area contributed by atoms with E-state index >= 15 is 0 Å². The summed E-state index contributed by atoms with van der Waals surface area (Å²) in [5.74, 6) is 0.576. The highest BCUT2D eigenvalue weighted by molar-refractivity contribution is 6.00. The van der Waals surface area contributed by atoms with Gasteiger partial charge in [-0.05, 0) is 68.5 Å². The monoisotopic (exact) mass is 373 g/mol. The maximum atomic E-state index is 13.2. The lowest BCUT2D eigenvalue weighted by Crippen LogP contribution is -2.39. The van der Waals surface area contributed by atoms with Crippen LogP contribution in [0.2, 0.25) is 0 Å². The molecule has 0 aliphatic carbocycles. The lowest BCUT2D eigenvalue weighted by molar-refractivity contribution is 0.0677. The smallest absolute Gasteiger partial charge is 0.272 e. The standard InChI is InChI=1S/C24H27N3O/c1-16-6-4-8-19(12-16)25-22-14-23(24(28)27-11-5-7-18(3)15-27)26-21-10-9-17(2)13-20(21)22/h4,6,8-10,12-14,18H,5,7,11,15H2,1-3H3,(H,25,26). The fourth-order valence-corrected chi connectivity index (χ4v) is 3.97. The minimum atomic E-state index is 0.0290. The Bertz CT molecular complexity index is 1030. The molecule has 1 unspecified atom stereocenters. The van der Waals surface area contributed by atoms with Gasteiger partial charge in [0.25, 0.3) is 5.91 Å². The molecule has 2 aromatic carbocycles. The maximum absolute atomic E-state index is 13.2. The quantitative estimate of drug-likeness (QED) is 0.662. The molecular formula is C24H27N3O. The van der Waals surface area contributed by atoms with Gasteiger partial charge in [0, 0.05) is 24.2 Å². The second-order valence-corrected chi connectivity index (χ2v) is 8.07. The van der Waals surface area contributed by atoms with Gasteiger partial charge < -0.3 is 10.2 Å². The first kappa shape index (κ1) is 18.5. The first-order chi connectivity index (χ1) is 13.5. The summed E-state index contributed by atoms with van der Waals surface area (Å²) < 4.78 is 0. The Morgan fingerprint density at radius 3 is 2.71 bits per heavy atom. The Morgan fingerprint density at radius 1 is 1.11 bits per heavy atom. The fourth-order valence-electron chi connectivity index (χ4n) is 3.97. The number of rotatable bonds is 3. The number of hydrogen-bond donors (Lipinski definition) is 1. The number of carbonyl (C=O) groups excluding carboxylic acids is 1. The zero-order valence-corrected chi connectivity index (χ0v) is 16.8. The Morgan fingerprint density at radius 2 is 1.93 bits per heavy atom. The van der Waals surface area contributed by atoms with Crippen LogP contribution >= 0.6 is 0 Å². The zero-order valence-electron chi connectivity index (χ0n) is 16.8. The Kier molecular flexibility index (Phi) is 5.03. The number of nitrogens with one attached hydrogen (secondary N) is 1. The van der Waals surface area contributed by atoms with E-state index in [0.29, 0.717) is 11.6 Å². The summed E-state index contributed by atoms with van der Waals surface area (Å²) in [5, 5.41) is 4.54. The number of carbonyl (C=O) groups is 1. The first-order valence-corrected chi connectivity index (χ1v) is 10.0. The number of piperidine rings is 1. The minimum Gasteiger partial charge on any atom is -0.355 e. The molecule has 2 heterocycles. The maximum Gasteiger partial charge on any atom is 0.272 e. The topological polar surface area (TPSA) is 45.2 Å². The Labute approximate surface area is 166 Å². The normalized spacial score (nSPS) is 17.0. The van der Waals surface area contributed by atoms with Crippen molar-refractivity contribution in [2.75, 3.05) is 18.4 Å². The summed E-state index contributed by atoms with van der Waals surface area (Å²) in [6.45, 7) is 7.99. The molecule has 28 heavy (non-hydrogen) atoms. The van der Waals surface area contributed by atoms with E-state index < -0.39 is 0 Å². The summed E-state index contributed by atoms with van der Waals surface area (Å²) in [5.41, 5.74) is 5.66. The van der Waals surface area contributed by atoms with Gasteiger partial charge >= 0.3 is 0 Å². The van der Waals surface area contributed by atoms with Gasteiger partial charge in [-0.25, -0.2) is 4.98 Å².